The Hall–Kier alpha value is -9.74. The molecule has 0 bridgehead atoms. The average molecular weight is 1030 g/mol. The van der Waals surface area contributed by atoms with Crippen molar-refractivity contribution in [3.05, 3.63) is 327 Å². The first-order valence-electron chi connectivity index (χ1n) is 27.6. The zero-order chi connectivity index (χ0) is 52.5. The number of fused-ring (bicyclic) bond motifs is 6. The maximum Gasteiger partial charge on any atom is 0.394 e. The maximum atomic E-state index is 2.88. The highest BCUT2D eigenvalue weighted by Crippen LogP contribution is 2.58. The summed E-state index contributed by atoms with van der Waals surface area (Å²) in [6.45, 7) is 0. The zero-order valence-electron chi connectivity index (χ0n) is 43.9. The van der Waals surface area contributed by atoms with E-state index >= 15 is 0 Å². The van der Waals surface area contributed by atoms with Gasteiger partial charge in [-0.2, -0.15) is 0 Å². The molecule has 0 aromatic heterocycles. The van der Waals surface area contributed by atoms with Gasteiger partial charge >= 0.3 is 8.56 Å². The Labute approximate surface area is 465 Å². The molecule has 1 spiro atoms. The summed E-state index contributed by atoms with van der Waals surface area (Å²) in [5, 5.41) is 0. The molecule has 1 unspecified atom stereocenters. The van der Waals surface area contributed by atoms with E-state index in [1.54, 1.807) is 0 Å². The van der Waals surface area contributed by atoms with Crippen molar-refractivity contribution in [1.29, 1.82) is 0 Å². The summed E-state index contributed by atoms with van der Waals surface area (Å²) in [5.41, 5.74) is 23.8. The number of hydrogen-bond donors (Lipinski definition) is 0. The second kappa shape index (κ2) is 20.7. The highest BCUT2D eigenvalue weighted by atomic mass is 28.4. The van der Waals surface area contributed by atoms with Crippen LogP contribution in [-0.4, -0.2) is 8.56 Å². The van der Waals surface area contributed by atoms with Gasteiger partial charge in [-0.15, -0.1) is 0 Å². The second-order valence-corrected chi connectivity index (χ2v) is 24.1. The lowest BCUT2D eigenvalue weighted by Gasteiger charge is -2.56. The van der Waals surface area contributed by atoms with Crippen LogP contribution in [0.15, 0.2) is 315 Å². The van der Waals surface area contributed by atoms with Crippen LogP contribution >= 0.6 is 0 Å². The lowest BCUT2D eigenvalue weighted by molar-refractivity contribution is 0.738. The standard InChI is InChI=1S/C75H57N3Si/c1-5-25-55(26-6-1)59-34-21-35-60(49-59)65-50-64-33-13-14-42-69(64)70-43-15-18-46-73(70)76(66-39-22-36-61(51-66)56-27-7-2-8-28-56)79(54-65)77(67-40-23-37-62(52-67)57-29-9-3-10-30-57)74-47-19-16-44-71(74)72-45-17-20-48-75(72)78(79)68-41-24-38-63(53-68)58-31-11-4-12-32-58/h1-49,51-53,65H,50,54H2. The molecule has 1 atom stereocenters. The Morgan fingerprint density at radius 2 is 0.557 bits per heavy atom. The molecule has 2 aliphatic heterocycles. The van der Waals surface area contributed by atoms with Gasteiger partial charge in [0.1, 0.15) is 0 Å². The van der Waals surface area contributed by atoms with E-state index in [1.807, 2.05) is 0 Å². The first-order chi connectivity index (χ1) is 39.2. The molecule has 0 saturated heterocycles. The molecule has 376 valence electrons. The van der Waals surface area contributed by atoms with Crippen LogP contribution in [0.25, 0.3) is 66.8 Å². The molecule has 0 aliphatic carbocycles. The van der Waals surface area contributed by atoms with Gasteiger partial charge in [-0.05, 0) is 128 Å². The van der Waals surface area contributed by atoms with E-state index in [1.165, 1.54) is 83.7 Å². The Kier molecular flexibility index (Phi) is 12.5. The molecule has 12 aromatic rings. The van der Waals surface area contributed by atoms with Gasteiger partial charge < -0.3 is 13.7 Å². The molecule has 12 aromatic carbocycles. The molecule has 2 aliphatic rings. The fourth-order valence-electron chi connectivity index (χ4n) is 12.7. The summed E-state index contributed by atoms with van der Waals surface area (Å²) in [6, 6.07) is 119. The Morgan fingerprint density at radius 3 is 0.962 bits per heavy atom. The molecule has 0 fully saturated rings. The Bertz CT molecular complexity index is 3990. The lowest BCUT2D eigenvalue weighted by Crippen LogP contribution is -2.73. The van der Waals surface area contributed by atoms with E-state index in [-0.39, 0.29) is 5.92 Å². The van der Waals surface area contributed by atoms with Gasteiger partial charge in [-0.25, -0.2) is 0 Å². The van der Waals surface area contributed by atoms with Crippen LogP contribution in [0, 0.1) is 0 Å². The van der Waals surface area contributed by atoms with Crippen molar-refractivity contribution in [3.63, 3.8) is 0 Å². The molecule has 2 heterocycles. The molecule has 79 heavy (non-hydrogen) atoms. The van der Waals surface area contributed by atoms with Crippen LogP contribution in [0.5, 0.6) is 0 Å². The first kappa shape index (κ1) is 47.7. The number of nitrogens with zero attached hydrogens (tertiary/aromatic N) is 3. The topological polar surface area (TPSA) is 9.72 Å². The SMILES string of the molecule is c1ccc(-c2cccc(C3Cc4ccccc4-c4ccccc4N(c4cccc(-c5ccccc5)c4)[Si]4(C3)N(c3cccc(-c5ccccc5)c3)c3ccccc3-c3ccccc3N4c3cccc(-c4ccccc4)c3)c2)cc1. The van der Waals surface area contributed by atoms with Crippen molar-refractivity contribution in [2.45, 2.75) is 18.4 Å². The van der Waals surface area contributed by atoms with Crippen molar-refractivity contribution in [2.24, 2.45) is 0 Å². The second-order valence-electron chi connectivity index (χ2n) is 20.8. The third-order valence-electron chi connectivity index (χ3n) is 16.2. The van der Waals surface area contributed by atoms with Gasteiger partial charge in [0.05, 0.1) is 0 Å². The van der Waals surface area contributed by atoms with E-state index in [9.17, 15) is 0 Å². The van der Waals surface area contributed by atoms with Crippen LogP contribution in [0.3, 0.4) is 0 Å². The van der Waals surface area contributed by atoms with Crippen LogP contribution in [-0.2, 0) is 6.42 Å². The molecular formula is C75H57N3Si. The van der Waals surface area contributed by atoms with E-state index in [4.69, 9.17) is 0 Å². The smallest absolute Gasteiger partial charge is 0.332 e. The molecule has 0 radical (unpaired) electrons. The highest BCUT2D eigenvalue weighted by Gasteiger charge is 2.59. The summed E-state index contributed by atoms with van der Waals surface area (Å²) < 4.78 is 8.63. The normalized spacial score (nSPS) is 14.4. The van der Waals surface area contributed by atoms with Crippen molar-refractivity contribution < 1.29 is 0 Å². The minimum Gasteiger partial charge on any atom is -0.332 e. The van der Waals surface area contributed by atoms with E-state index in [2.05, 4.69) is 329 Å². The van der Waals surface area contributed by atoms with Gasteiger partial charge in [0.15, 0.2) is 0 Å². The van der Waals surface area contributed by atoms with Crippen molar-refractivity contribution >= 4 is 42.7 Å². The Balaban J connectivity index is 1.19. The predicted octanol–water partition coefficient (Wildman–Crippen LogP) is 20.1. The summed E-state index contributed by atoms with van der Waals surface area (Å²) in [5.74, 6) is 0.00244. The maximum absolute atomic E-state index is 3.95. The summed E-state index contributed by atoms with van der Waals surface area (Å²) in [7, 11) is -3.95. The Morgan fingerprint density at radius 1 is 0.253 bits per heavy atom. The monoisotopic (exact) mass is 1030 g/mol. The molecule has 0 saturated carbocycles. The van der Waals surface area contributed by atoms with Crippen molar-refractivity contribution in [1.82, 2.24) is 0 Å². The fourth-order valence-corrected chi connectivity index (χ4v) is 18.3. The number of hydrogen-bond acceptors (Lipinski definition) is 3. The summed E-state index contributed by atoms with van der Waals surface area (Å²) in [6.07, 6.45) is 0.814. The van der Waals surface area contributed by atoms with E-state index < -0.39 is 8.56 Å². The molecule has 0 N–H and O–H groups in total. The van der Waals surface area contributed by atoms with Crippen molar-refractivity contribution in [3.8, 4) is 66.8 Å². The highest BCUT2D eigenvalue weighted by molar-refractivity contribution is 6.93. The summed E-state index contributed by atoms with van der Waals surface area (Å²) >= 11 is 0. The van der Waals surface area contributed by atoms with Gasteiger partial charge in [-0.1, -0.05) is 261 Å². The fraction of sp³-hybridized carbons (Fsp3) is 0.0400. The van der Waals surface area contributed by atoms with Gasteiger partial charge in [0.2, 0.25) is 0 Å². The summed E-state index contributed by atoms with van der Waals surface area (Å²) in [4.78, 5) is 0. The van der Waals surface area contributed by atoms with Crippen LogP contribution in [0.4, 0.5) is 34.1 Å². The van der Waals surface area contributed by atoms with E-state index in [0.717, 1.165) is 40.8 Å². The molecular weight excluding hydrogens is 971 g/mol. The average Bonchev–Trinajstić information content (AvgIpc) is 3.84. The van der Waals surface area contributed by atoms with E-state index in [0.29, 0.717) is 0 Å². The van der Waals surface area contributed by atoms with Gasteiger partial charge in [0.25, 0.3) is 0 Å². The quantitative estimate of drug-likeness (QED) is 0.140. The first-order valence-corrected chi connectivity index (χ1v) is 29.6. The van der Waals surface area contributed by atoms with Crippen LogP contribution < -0.4 is 13.7 Å². The van der Waals surface area contributed by atoms with Crippen LogP contribution in [0.2, 0.25) is 6.04 Å². The molecule has 4 heteroatoms. The zero-order valence-corrected chi connectivity index (χ0v) is 44.9. The number of para-hydroxylation sites is 3. The van der Waals surface area contributed by atoms with Crippen molar-refractivity contribution in [2.75, 3.05) is 13.7 Å². The van der Waals surface area contributed by atoms with Gasteiger partial charge in [-0.3, -0.25) is 0 Å². The van der Waals surface area contributed by atoms with Gasteiger partial charge in [0, 0.05) is 56.9 Å². The molecule has 14 rings (SSSR count). The van der Waals surface area contributed by atoms with Crippen LogP contribution in [0.1, 0.15) is 17.0 Å². The number of rotatable bonds is 8. The third-order valence-corrected chi connectivity index (χ3v) is 20.9. The molecule has 3 nitrogen and oxygen atoms in total. The number of anilines is 6. The number of benzene rings is 12. The minimum atomic E-state index is -3.95. The minimum absolute atomic E-state index is 0.00244. The molecule has 0 amide bonds. The third kappa shape index (κ3) is 8.73. The lowest BCUT2D eigenvalue weighted by atomic mass is 9.87. The predicted molar refractivity (Wildman–Crippen MR) is 335 cm³/mol. The largest absolute Gasteiger partial charge is 0.394 e.